The summed E-state index contributed by atoms with van der Waals surface area (Å²) < 4.78 is 0. The van der Waals surface area contributed by atoms with Crippen molar-refractivity contribution in [1.82, 2.24) is 5.32 Å². The fraction of sp³-hybridized carbons (Fsp3) is 0.647. The zero-order valence-electron chi connectivity index (χ0n) is 13.2. The second kappa shape index (κ2) is 6.42. The lowest BCUT2D eigenvalue weighted by Crippen LogP contribution is -2.48. The molecule has 0 aliphatic carbocycles. The van der Waals surface area contributed by atoms with E-state index in [1.54, 1.807) is 0 Å². The number of rotatable bonds is 7. The normalized spacial score (nSPS) is 12.7. The number of hydrogen-bond donors (Lipinski definition) is 2. The monoisotopic (exact) mass is 262 g/mol. The average Bonchev–Trinajstić information content (AvgIpc) is 2.41. The first-order chi connectivity index (χ1) is 8.89. The third kappa shape index (κ3) is 3.97. The molecule has 0 aromatic heterocycles. The van der Waals surface area contributed by atoms with E-state index in [0.717, 1.165) is 12.2 Å². The van der Waals surface area contributed by atoms with Gasteiger partial charge < -0.3 is 11.1 Å². The van der Waals surface area contributed by atoms with E-state index in [0.29, 0.717) is 0 Å². The number of anilines is 1. The maximum Gasteiger partial charge on any atom is 0.0314 e. The summed E-state index contributed by atoms with van der Waals surface area (Å²) in [7, 11) is 0. The van der Waals surface area contributed by atoms with Crippen molar-refractivity contribution in [3.8, 4) is 0 Å². The van der Waals surface area contributed by atoms with Gasteiger partial charge in [-0.15, -0.1) is 0 Å². The lowest BCUT2D eigenvalue weighted by molar-refractivity contribution is 0.265. The van der Waals surface area contributed by atoms with Crippen LogP contribution in [0, 0.1) is 0 Å². The van der Waals surface area contributed by atoms with Gasteiger partial charge in [-0.2, -0.15) is 0 Å². The van der Waals surface area contributed by atoms with Gasteiger partial charge in [0.2, 0.25) is 0 Å². The van der Waals surface area contributed by atoms with Crippen molar-refractivity contribution in [1.29, 1.82) is 0 Å². The van der Waals surface area contributed by atoms with Crippen molar-refractivity contribution in [2.45, 2.75) is 64.8 Å². The molecular formula is C17H30N2. The predicted molar refractivity (Wildman–Crippen MR) is 85.5 cm³/mol. The molecule has 3 N–H and O–H groups in total. The first kappa shape index (κ1) is 16.0. The standard InChI is InChI=1S/C17H30N2/c1-6-17(7-2,8-3)19-13-16(4,5)14-9-11-15(18)12-10-14/h9-12,19H,6-8,13,18H2,1-5H3. The van der Waals surface area contributed by atoms with E-state index in [-0.39, 0.29) is 11.0 Å². The summed E-state index contributed by atoms with van der Waals surface area (Å²) in [5.74, 6) is 0. The Morgan fingerprint density at radius 3 is 1.84 bits per heavy atom. The zero-order valence-corrected chi connectivity index (χ0v) is 13.2. The number of nitrogens with one attached hydrogen (secondary N) is 1. The van der Waals surface area contributed by atoms with Crippen molar-refractivity contribution in [2.24, 2.45) is 0 Å². The largest absolute Gasteiger partial charge is 0.399 e. The SMILES string of the molecule is CCC(CC)(CC)NCC(C)(C)c1ccc(N)cc1. The molecule has 1 aromatic rings. The Labute approximate surface area is 118 Å². The Kier molecular flexibility index (Phi) is 5.42. The average molecular weight is 262 g/mol. The molecule has 0 unspecified atom stereocenters. The van der Waals surface area contributed by atoms with Crippen LogP contribution in [0.1, 0.15) is 59.4 Å². The fourth-order valence-corrected chi connectivity index (χ4v) is 2.57. The van der Waals surface area contributed by atoms with Crippen LogP contribution >= 0.6 is 0 Å². The summed E-state index contributed by atoms with van der Waals surface area (Å²) in [5.41, 5.74) is 8.34. The maximum absolute atomic E-state index is 5.76. The molecule has 0 atom stereocenters. The van der Waals surface area contributed by atoms with Crippen LogP contribution in [0.4, 0.5) is 5.69 Å². The van der Waals surface area contributed by atoms with Crippen LogP contribution in [0.2, 0.25) is 0 Å². The Morgan fingerprint density at radius 2 is 1.42 bits per heavy atom. The lowest BCUT2D eigenvalue weighted by atomic mass is 9.82. The molecule has 0 spiro atoms. The van der Waals surface area contributed by atoms with Gasteiger partial charge in [-0.1, -0.05) is 46.8 Å². The van der Waals surface area contributed by atoms with Crippen LogP contribution in [-0.2, 0) is 5.41 Å². The van der Waals surface area contributed by atoms with Crippen molar-refractivity contribution < 1.29 is 0 Å². The topological polar surface area (TPSA) is 38.0 Å². The van der Waals surface area contributed by atoms with E-state index in [2.05, 4.69) is 52.1 Å². The minimum Gasteiger partial charge on any atom is -0.399 e. The molecule has 0 radical (unpaired) electrons. The summed E-state index contributed by atoms with van der Waals surface area (Å²) >= 11 is 0. The third-order valence-corrected chi connectivity index (χ3v) is 4.63. The first-order valence-electron chi connectivity index (χ1n) is 7.50. The molecule has 0 fully saturated rings. The van der Waals surface area contributed by atoms with Crippen molar-refractivity contribution in [2.75, 3.05) is 12.3 Å². The van der Waals surface area contributed by atoms with Gasteiger partial charge in [0.25, 0.3) is 0 Å². The Morgan fingerprint density at radius 1 is 0.947 bits per heavy atom. The van der Waals surface area contributed by atoms with Gasteiger partial charge in [0.1, 0.15) is 0 Å². The highest BCUT2D eigenvalue weighted by Gasteiger charge is 2.27. The van der Waals surface area contributed by atoms with Gasteiger partial charge in [0, 0.05) is 23.2 Å². The van der Waals surface area contributed by atoms with E-state index in [1.807, 2.05) is 12.1 Å². The molecule has 0 aliphatic rings. The highest BCUT2D eigenvalue weighted by molar-refractivity contribution is 5.41. The number of hydrogen-bond acceptors (Lipinski definition) is 2. The quantitative estimate of drug-likeness (QED) is 0.726. The molecule has 0 amide bonds. The lowest BCUT2D eigenvalue weighted by Gasteiger charge is -2.36. The molecule has 1 aromatic carbocycles. The Bertz CT molecular complexity index is 366. The fourth-order valence-electron chi connectivity index (χ4n) is 2.57. The molecule has 1 rings (SSSR count). The molecule has 0 heterocycles. The molecule has 0 bridgehead atoms. The van der Waals surface area contributed by atoms with Gasteiger partial charge in [-0.05, 0) is 37.0 Å². The molecule has 2 nitrogen and oxygen atoms in total. The van der Waals surface area contributed by atoms with Crippen LogP contribution in [0.15, 0.2) is 24.3 Å². The number of nitrogens with two attached hydrogens (primary N) is 1. The van der Waals surface area contributed by atoms with Gasteiger partial charge >= 0.3 is 0 Å². The van der Waals surface area contributed by atoms with Crippen molar-refractivity contribution in [3.05, 3.63) is 29.8 Å². The molecular weight excluding hydrogens is 232 g/mol. The molecule has 2 heteroatoms. The predicted octanol–water partition coefficient (Wildman–Crippen LogP) is 4.10. The second-order valence-electron chi connectivity index (χ2n) is 6.20. The highest BCUT2D eigenvalue weighted by atomic mass is 15.0. The Hall–Kier alpha value is -1.02. The van der Waals surface area contributed by atoms with Crippen LogP contribution in [0.5, 0.6) is 0 Å². The van der Waals surface area contributed by atoms with Crippen LogP contribution < -0.4 is 11.1 Å². The van der Waals surface area contributed by atoms with Gasteiger partial charge in [0.15, 0.2) is 0 Å². The van der Waals surface area contributed by atoms with Gasteiger partial charge in [-0.3, -0.25) is 0 Å². The van der Waals surface area contributed by atoms with Crippen molar-refractivity contribution in [3.63, 3.8) is 0 Å². The van der Waals surface area contributed by atoms with E-state index >= 15 is 0 Å². The zero-order chi connectivity index (χ0) is 14.5. The van der Waals surface area contributed by atoms with Crippen LogP contribution in [0.3, 0.4) is 0 Å². The third-order valence-electron chi connectivity index (χ3n) is 4.63. The van der Waals surface area contributed by atoms with E-state index in [9.17, 15) is 0 Å². The van der Waals surface area contributed by atoms with E-state index in [1.165, 1.54) is 24.8 Å². The molecule has 108 valence electrons. The summed E-state index contributed by atoms with van der Waals surface area (Å²) in [6, 6.07) is 8.26. The molecule has 0 saturated carbocycles. The first-order valence-corrected chi connectivity index (χ1v) is 7.50. The number of benzene rings is 1. The van der Waals surface area contributed by atoms with E-state index < -0.39 is 0 Å². The summed E-state index contributed by atoms with van der Waals surface area (Å²) in [6.45, 7) is 12.4. The smallest absolute Gasteiger partial charge is 0.0314 e. The van der Waals surface area contributed by atoms with Crippen molar-refractivity contribution >= 4 is 5.69 Å². The van der Waals surface area contributed by atoms with Gasteiger partial charge in [-0.25, -0.2) is 0 Å². The van der Waals surface area contributed by atoms with Crippen LogP contribution in [0.25, 0.3) is 0 Å². The summed E-state index contributed by atoms with van der Waals surface area (Å²) in [5, 5.41) is 3.80. The molecule has 19 heavy (non-hydrogen) atoms. The maximum atomic E-state index is 5.76. The molecule has 0 aliphatic heterocycles. The van der Waals surface area contributed by atoms with E-state index in [4.69, 9.17) is 5.73 Å². The Balaban J connectivity index is 2.77. The minimum absolute atomic E-state index is 0.123. The summed E-state index contributed by atoms with van der Waals surface area (Å²) in [6.07, 6.45) is 3.54. The highest BCUT2D eigenvalue weighted by Crippen LogP contribution is 2.26. The summed E-state index contributed by atoms with van der Waals surface area (Å²) in [4.78, 5) is 0. The van der Waals surface area contributed by atoms with Gasteiger partial charge in [0.05, 0.1) is 0 Å². The molecule has 0 saturated heterocycles. The minimum atomic E-state index is 0.123. The van der Waals surface area contributed by atoms with Crippen LogP contribution in [-0.4, -0.2) is 12.1 Å². The second-order valence-corrected chi connectivity index (χ2v) is 6.20. The number of nitrogen functional groups attached to an aromatic ring is 1.